The van der Waals surface area contributed by atoms with Gasteiger partial charge in [-0.05, 0) is 37.3 Å². The lowest BCUT2D eigenvalue weighted by atomic mass is 9.83. The van der Waals surface area contributed by atoms with Gasteiger partial charge in [-0.1, -0.05) is 24.3 Å². The van der Waals surface area contributed by atoms with Crippen molar-refractivity contribution in [1.29, 1.82) is 0 Å². The number of carboxylic acid groups (broad SMARTS) is 1. The molecule has 4 nitrogen and oxygen atoms in total. The molecule has 0 saturated heterocycles. The molecule has 2 rings (SSSR count). The second kappa shape index (κ2) is 5.87. The molecule has 0 saturated carbocycles. The minimum atomic E-state index is -0.952. The van der Waals surface area contributed by atoms with Crippen LogP contribution in [0.3, 0.4) is 0 Å². The highest BCUT2D eigenvalue weighted by atomic mass is 16.4. The zero-order valence-electron chi connectivity index (χ0n) is 11.1. The summed E-state index contributed by atoms with van der Waals surface area (Å²) in [5.74, 6) is -1.06. The van der Waals surface area contributed by atoms with Crippen LogP contribution >= 0.6 is 0 Å². The Kier molecular flexibility index (Phi) is 4.20. The summed E-state index contributed by atoms with van der Waals surface area (Å²) in [7, 11) is 0. The van der Waals surface area contributed by atoms with Crippen LogP contribution in [-0.4, -0.2) is 35.0 Å². The molecule has 102 valence electrons. The topological polar surface area (TPSA) is 57.6 Å². The summed E-state index contributed by atoms with van der Waals surface area (Å²) in [5, 5.41) is 8.83. The normalized spacial score (nSPS) is 17.6. The van der Waals surface area contributed by atoms with Gasteiger partial charge >= 0.3 is 5.97 Å². The number of hydrogen-bond acceptors (Lipinski definition) is 2. The molecule has 19 heavy (non-hydrogen) atoms. The molecule has 4 heteroatoms. The Hall–Kier alpha value is -1.84. The van der Waals surface area contributed by atoms with Gasteiger partial charge in [0.2, 0.25) is 5.91 Å². The molecule has 1 aromatic rings. The van der Waals surface area contributed by atoms with Crippen molar-refractivity contribution >= 4 is 11.9 Å². The Morgan fingerprint density at radius 2 is 2.00 bits per heavy atom. The average Bonchev–Trinajstić information content (AvgIpc) is 2.43. The summed E-state index contributed by atoms with van der Waals surface area (Å²) in [6.07, 6.45) is 2.44. The molecule has 0 radical (unpaired) electrons. The predicted molar refractivity (Wildman–Crippen MR) is 71.8 cm³/mol. The van der Waals surface area contributed by atoms with E-state index in [2.05, 4.69) is 12.1 Å². The van der Waals surface area contributed by atoms with Crippen molar-refractivity contribution in [3.8, 4) is 0 Å². The number of carbonyl (C=O) groups is 2. The Bertz CT molecular complexity index is 484. The van der Waals surface area contributed by atoms with E-state index in [-0.39, 0.29) is 18.4 Å². The standard InChI is InChI=1S/C15H19NO3/c1-2-16(10-14(17)18)15(19)13-8-7-11-5-3-4-6-12(11)9-13/h3-6,13H,2,7-10H2,1H3,(H,17,18). The minimum Gasteiger partial charge on any atom is -0.480 e. The molecule has 0 spiro atoms. The molecular weight excluding hydrogens is 242 g/mol. The van der Waals surface area contributed by atoms with Crippen molar-refractivity contribution in [2.75, 3.05) is 13.1 Å². The first-order valence-electron chi connectivity index (χ1n) is 6.69. The number of likely N-dealkylation sites (N-methyl/N-ethyl adjacent to an activating group) is 1. The summed E-state index contributed by atoms with van der Waals surface area (Å²) in [6.45, 7) is 2.06. The number of nitrogens with zero attached hydrogens (tertiary/aromatic N) is 1. The van der Waals surface area contributed by atoms with E-state index < -0.39 is 5.97 Å². The summed E-state index contributed by atoms with van der Waals surface area (Å²) in [6, 6.07) is 8.16. The second-order valence-electron chi connectivity index (χ2n) is 4.95. The number of hydrogen-bond donors (Lipinski definition) is 1. The molecule has 1 aromatic carbocycles. The Morgan fingerprint density at radius 1 is 1.32 bits per heavy atom. The van der Waals surface area contributed by atoms with Gasteiger partial charge in [-0.25, -0.2) is 0 Å². The largest absolute Gasteiger partial charge is 0.480 e. The van der Waals surface area contributed by atoms with Crippen molar-refractivity contribution in [2.24, 2.45) is 5.92 Å². The Labute approximate surface area is 113 Å². The highest BCUT2D eigenvalue weighted by Gasteiger charge is 2.28. The van der Waals surface area contributed by atoms with Crippen molar-refractivity contribution < 1.29 is 14.7 Å². The number of benzene rings is 1. The van der Waals surface area contributed by atoms with E-state index in [4.69, 9.17) is 5.11 Å². The van der Waals surface area contributed by atoms with Crippen molar-refractivity contribution in [3.63, 3.8) is 0 Å². The van der Waals surface area contributed by atoms with E-state index in [0.29, 0.717) is 6.54 Å². The van der Waals surface area contributed by atoms with Crippen molar-refractivity contribution in [3.05, 3.63) is 35.4 Å². The zero-order valence-corrected chi connectivity index (χ0v) is 11.1. The summed E-state index contributed by atoms with van der Waals surface area (Å²) in [5.41, 5.74) is 2.53. The molecule has 0 bridgehead atoms. The summed E-state index contributed by atoms with van der Waals surface area (Å²) in [4.78, 5) is 24.5. The lowest BCUT2D eigenvalue weighted by Crippen LogP contribution is -2.41. The number of carbonyl (C=O) groups excluding carboxylic acids is 1. The van der Waals surface area contributed by atoms with Crippen LogP contribution in [-0.2, 0) is 22.4 Å². The second-order valence-corrected chi connectivity index (χ2v) is 4.95. The van der Waals surface area contributed by atoms with Crippen LogP contribution in [0.25, 0.3) is 0 Å². The fourth-order valence-corrected chi connectivity index (χ4v) is 2.68. The number of fused-ring (bicyclic) bond motifs is 1. The number of amides is 1. The third-order valence-electron chi connectivity index (χ3n) is 3.72. The minimum absolute atomic E-state index is 0.0283. The fraction of sp³-hybridized carbons (Fsp3) is 0.467. The first-order valence-corrected chi connectivity index (χ1v) is 6.69. The van der Waals surface area contributed by atoms with E-state index in [9.17, 15) is 9.59 Å². The van der Waals surface area contributed by atoms with Gasteiger partial charge in [-0.2, -0.15) is 0 Å². The average molecular weight is 261 g/mol. The molecule has 1 aliphatic rings. The Balaban J connectivity index is 2.07. The third-order valence-corrected chi connectivity index (χ3v) is 3.72. The van der Waals surface area contributed by atoms with Gasteiger partial charge in [-0.3, -0.25) is 9.59 Å². The van der Waals surface area contributed by atoms with Crippen molar-refractivity contribution in [1.82, 2.24) is 4.90 Å². The van der Waals surface area contributed by atoms with Gasteiger partial charge < -0.3 is 10.0 Å². The maximum atomic E-state index is 12.3. The maximum Gasteiger partial charge on any atom is 0.323 e. The summed E-state index contributed by atoms with van der Waals surface area (Å²) < 4.78 is 0. The first-order chi connectivity index (χ1) is 9.11. The van der Waals surface area contributed by atoms with Crippen molar-refractivity contribution in [2.45, 2.75) is 26.2 Å². The van der Waals surface area contributed by atoms with Gasteiger partial charge in [0.15, 0.2) is 0 Å². The monoisotopic (exact) mass is 261 g/mol. The van der Waals surface area contributed by atoms with Crippen LogP contribution in [0.5, 0.6) is 0 Å². The van der Waals surface area contributed by atoms with Crippen LogP contribution in [0, 0.1) is 5.92 Å². The highest BCUT2D eigenvalue weighted by molar-refractivity contribution is 5.83. The molecular formula is C15H19NO3. The molecule has 1 aliphatic carbocycles. The third kappa shape index (κ3) is 3.13. The first kappa shape index (κ1) is 13.6. The predicted octanol–water partition coefficient (Wildman–Crippen LogP) is 1.72. The SMILES string of the molecule is CCN(CC(=O)O)C(=O)C1CCc2ccccc2C1. The lowest BCUT2D eigenvalue weighted by Gasteiger charge is -2.28. The lowest BCUT2D eigenvalue weighted by molar-refractivity contribution is -0.146. The van der Waals surface area contributed by atoms with Gasteiger partial charge in [0.1, 0.15) is 6.54 Å². The van der Waals surface area contributed by atoms with Crippen LogP contribution in [0.2, 0.25) is 0 Å². The van der Waals surface area contributed by atoms with Gasteiger partial charge in [0.05, 0.1) is 0 Å². The van der Waals surface area contributed by atoms with Crippen LogP contribution in [0.4, 0.5) is 0 Å². The van der Waals surface area contributed by atoms with E-state index in [1.807, 2.05) is 19.1 Å². The highest BCUT2D eigenvalue weighted by Crippen LogP contribution is 2.26. The Morgan fingerprint density at radius 3 is 2.63 bits per heavy atom. The molecule has 1 atom stereocenters. The van der Waals surface area contributed by atoms with Crippen LogP contribution < -0.4 is 0 Å². The number of aryl methyl sites for hydroxylation is 1. The van der Waals surface area contributed by atoms with Crippen LogP contribution in [0.15, 0.2) is 24.3 Å². The van der Waals surface area contributed by atoms with Gasteiger partial charge in [0.25, 0.3) is 0 Å². The van der Waals surface area contributed by atoms with E-state index in [1.54, 1.807) is 0 Å². The van der Waals surface area contributed by atoms with E-state index in [1.165, 1.54) is 16.0 Å². The molecule has 0 aromatic heterocycles. The fourth-order valence-electron chi connectivity index (χ4n) is 2.68. The van der Waals surface area contributed by atoms with Crippen LogP contribution in [0.1, 0.15) is 24.5 Å². The quantitative estimate of drug-likeness (QED) is 0.898. The zero-order chi connectivity index (χ0) is 13.8. The van der Waals surface area contributed by atoms with E-state index in [0.717, 1.165) is 19.3 Å². The van der Waals surface area contributed by atoms with Gasteiger partial charge in [-0.15, -0.1) is 0 Å². The smallest absolute Gasteiger partial charge is 0.323 e. The molecule has 0 aliphatic heterocycles. The molecule has 1 unspecified atom stereocenters. The maximum absolute atomic E-state index is 12.3. The molecule has 0 fully saturated rings. The number of aliphatic carboxylic acids is 1. The number of carboxylic acids is 1. The summed E-state index contributed by atoms with van der Waals surface area (Å²) >= 11 is 0. The van der Waals surface area contributed by atoms with Gasteiger partial charge in [0, 0.05) is 12.5 Å². The molecule has 0 heterocycles. The molecule has 1 N–H and O–H groups in total. The number of rotatable bonds is 4. The van der Waals surface area contributed by atoms with E-state index >= 15 is 0 Å². The molecule has 1 amide bonds.